The van der Waals surface area contributed by atoms with Gasteiger partial charge in [-0.1, -0.05) is 11.6 Å². The molecule has 0 N–H and O–H groups in total. The van der Waals surface area contributed by atoms with Crippen molar-refractivity contribution in [2.24, 2.45) is 0 Å². The molecular formula is C12H13ClN4O2. The summed E-state index contributed by atoms with van der Waals surface area (Å²) in [6.45, 7) is 1.48. The second-order valence-electron chi connectivity index (χ2n) is 4.43. The molecule has 0 spiro atoms. The van der Waals surface area contributed by atoms with Crippen LogP contribution in [0.2, 0.25) is 5.15 Å². The molecule has 0 atom stereocenters. The van der Waals surface area contributed by atoms with E-state index in [1.807, 2.05) is 0 Å². The molecule has 0 saturated carbocycles. The maximum absolute atomic E-state index is 12.0. The topological polar surface area (TPSA) is 59.7 Å². The Hall–Kier alpha value is -1.82. The summed E-state index contributed by atoms with van der Waals surface area (Å²) in [7, 11) is 0. The van der Waals surface area contributed by atoms with Crippen molar-refractivity contribution in [2.75, 3.05) is 13.1 Å². The lowest BCUT2D eigenvalue weighted by atomic mass is 10.1. The standard InChI is InChI=1S/C12H13ClN4O2/c13-10-9-8-15-11(17(9)7-4-14-10)19-12(18)16-5-2-1-3-6-16/h4,7-8H,1-3,5-6H2. The van der Waals surface area contributed by atoms with Gasteiger partial charge in [-0.15, -0.1) is 0 Å². The number of fused-ring (bicyclic) bond motifs is 1. The average Bonchev–Trinajstić information content (AvgIpc) is 2.84. The molecule has 1 aliphatic rings. The Labute approximate surface area is 115 Å². The molecule has 6 nitrogen and oxygen atoms in total. The highest BCUT2D eigenvalue weighted by Gasteiger charge is 2.20. The van der Waals surface area contributed by atoms with E-state index in [0.29, 0.717) is 10.7 Å². The molecule has 1 aliphatic heterocycles. The number of halogens is 1. The highest BCUT2D eigenvalue weighted by molar-refractivity contribution is 6.32. The first kappa shape index (κ1) is 12.2. The summed E-state index contributed by atoms with van der Waals surface area (Å²) < 4.78 is 6.92. The van der Waals surface area contributed by atoms with Crippen molar-refractivity contribution in [3.05, 3.63) is 23.7 Å². The Kier molecular flexibility index (Phi) is 3.25. The lowest BCUT2D eigenvalue weighted by Gasteiger charge is -2.25. The summed E-state index contributed by atoms with van der Waals surface area (Å²) in [5.41, 5.74) is 0.616. The third-order valence-corrected chi connectivity index (χ3v) is 3.46. The number of likely N-dealkylation sites (tertiary alicyclic amines) is 1. The zero-order valence-electron chi connectivity index (χ0n) is 10.3. The number of amides is 1. The monoisotopic (exact) mass is 280 g/mol. The zero-order chi connectivity index (χ0) is 13.2. The molecule has 1 fully saturated rings. The summed E-state index contributed by atoms with van der Waals surface area (Å²) in [5, 5.41) is 0.329. The minimum absolute atomic E-state index is 0.217. The van der Waals surface area contributed by atoms with Crippen LogP contribution in [-0.4, -0.2) is 38.5 Å². The molecule has 19 heavy (non-hydrogen) atoms. The van der Waals surface area contributed by atoms with Crippen molar-refractivity contribution in [2.45, 2.75) is 19.3 Å². The smallest absolute Gasteiger partial charge is 0.375 e. The van der Waals surface area contributed by atoms with Crippen LogP contribution in [0.15, 0.2) is 18.6 Å². The third-order valence-electron chi connectivity index (χ3n) is 3.17. The Balaban J connectivity index is 1.81. The number of aromatic nitrogens is 3. The van der Waals surface area contributed by atoms with Gasteiger partial charge >= 0.3 is 12.1 Å². The second kappa shape index (κ2) is 5.05. The van der Waals surface area contributed by atoms with Crippen molar-refractivity contribution in [1.82, 2.24) is 19.3 Å². The third kappa shape index (κ3) is 2.35. The van der Waals surface area contributed by atoms with Crippen molar-refractivity contribution in [3.8, 4) is 6.01 Å². The Morgan fingerprint density at radius 3 is 2.84 bits per heavy atom. The molecular weight excluding hydrogens is 268 g/mol. The van der Waals surface area contributed by atoms with Gasteiger partial charge in [-0.05, 0) is 19.3 Å². The number of imidazole rings is 1. The molecule has 3 rings (SSSR count). The van der Waals surface area contributed by atoms with Crippen molar-refractivity contribution in [1.29, 1.82) is 0 Å². The van der Waals surface area contributed by atoms with Crippen molar-refractivity contribution < 1.29 is 9.53 Å². The van der Waals surface area contributed by atoms with Crippen LogP contribution < -0.4 is 4.74 Å². The van der Waals surface area contributed by atoms with E-state index < -0.39 is 0 Å². The highest BCUT2D eigenvalue weighted by atomic mass is 35.5. The molecule has 0 bridgehead atoms. The number of nitrogens with zero attached hydrogens (tertiary/aromatic N) is 4. The number of carbonyl (C=O) groups excluding carboxylic acids is 1. The van der Waals surface area contributed by atoms with E-state index in [0.717, 1.165) is 32.4 Å². The van der Waals surface area contributed by atoms with E-state index in [2.05, 4.69) is 9.97 Å². The molecule has 1 amide bonds. The minimum atomic E-state index is -0.361. The fraction of sp³-hybridized carbons (Fsp3) is 0.417. The summed E-state index contributed by atoms with van der Waals surface area (Å²) in [6.07, 6.45) is 7.58. The van der Waals surface area contributed by atoms with E-state index >= 15 is 0 Å². The number of ether oxygens (including phenoxy) is 1. The molecule has 2 aromatic heterocycles. The van der Waals surface area contributed by atoms with Crippen LogP contribution in [0.3, 0.4) is 0 Å². The predicted molar refractivity (Wildman–Crippen MR) is 69.4 cm³/mol. The van der Waals surface area contributed by atoms with E-state index in [1.54, 1.807) is 15.5 Å². The molecule has 100 valence electrons. The minimum Gasteiger partial charge on any atom is -0.375 e. The van der Waals surface area contributed by atoms with Gasteiger partial charge in [0.15, 0.2) is 5.15 Å². The van der Waals surface area contributed by atoms with Gasteiger partial charge in [0.1, 0.15) is 5.52 Å². The number of carbonyl (C=O) groups is 1. The zero-order valence-corrected chi connectivity index (χ0v) is 11.0. The predicted octanol–water partition coefficient (Wildman–Crippen LogP) is 2.37. The Morgan fingerprint density at radius 1 is 1.26 bits per heavy atom. The normalized spacial score (nSPS) is 15.7. The Morgan fingerprint density at radius 2 is 2.05 bits per heavy atom. The first-order chi connectivity index (χ1) is 9.25. The molecule has 0 radical (unpaired) electrons. The van der Waals surface area contributed by atoms with Crippen LogP contribution >= 0.6 is 11.6 Å². The van der Waals surface area contributed by atoms with Gasteiger partial charge in [-0.2, -0.15) is 0 Å². The number of hydrogen-bond donors (Lipinski definition) is 0. The van der Waals surface area contributed by atoms with Crippen LogP contribution in [0, 0.1) is 0 Å². The van der Waals surface area contributed by atoms with Gasteiger partial charge in [0, 0.05) is 25.5 Å². The molecule has 0 aliphatic carbocycles. The maximum atomic E-state index is 12.0. The SMILES string of the molecule is O=C(Oc1ncc2c(Cl)nccn12)N1CCCCC1. The number of hydrogen-bond acceptors (Lipinski definition) is 4. The first-order valence-electron chi connectivity index (χ1n) is 6.20. The van der Waals surface area contributed by atoms with E-state index in [4.69, 9.17) is 16.3 Å². The summed E-state index contributed by atoms with van der Waals surface area (Å²) >= 11 is 5.93. The quantitative estimate of drug-likeness (QED) is 0.805. The van der Waals surface area contributed by atoms with Gasteiger partial charge in [0.05, 0.1) is 6.20 Å². The molecule has 0 unspecified atom stereocenters. The van der Waals surface area contributed by atoms with Crippen molar-refractivity contribution in [3.63, 3.8) is 0 Å². The van der Waals surface area contributed by atoms with E-state index in [-0.39, 0.29) is 12.1 Å². The van der Waals surface area contributed by atoms with Gasteiger partial charge in [-0.3, -0.25) is 4.40 Å². The maximum Gasteiger partial charge on any atom is 0.417 e. The van der Waals surface area contributed by atoms with Crippen LogP contribution in [-0.2, 0) is 0 Å². The Bertz CT molecular complexity index is 607. The van der Waals surface area contributed by atoms with Crippen LogP contribution in [0.1, 0.15) is 19.3 Å². The first-order valence-corrected chi connectivity index (χ1v) is 6.58. The van der Waals surface area contributed by atoms with Crippen LogP contribution in [0.4, 0.5) is 4.79 Å². The summed E-state index contributed by atoms with van der Waals surface area (Å²) in [4.78, 5) is 21.7. The molecule has 1 saturated heterocycles. The largest absolute Gasteiger partial charge is 0.417 e. The molecule has 3 heterocycles. The van der Waals surface area contributed by atoms with Crippen molar-refractivity contribution >= 4 is 23.2 Å². The lowest BCUT2D eigenvalue weighted by Crippen LogP contribution is -2.37. The van der Waals surface area contributed by atoms with Gasteiger partial charge < -0.3 is 9.64 Å². The fourth-order valence-electron chi connectivity index (χ4n) is 2.17. The fourth-order valence-corrected chi connectivity index (χ4v) is 2.36. The second-order valence-corrected chi connectivity index (χ2v) is 4.79. The van der Waals surface area contributed by atoms with Gasteiger partial charge in [0.25, 0.3) is 0 Å². The molecule has 0 aromatic carbocycles. The molecule has 7 heteroatoms. The number of piperidine rings is 1. The summed E-state index contributed by atoms with van der Waals surface area (Å²) in [5.74, 6) is 0. The van der Waals surface area contributed by atoms with Crippen LogP contribution in [0.25, 0.3) is 5.52 Å². The highest BCUT2D eigenvalue weighted by Crippen LogP contribution is 2.20. The summed E-state index contributed by atoms with van der Waals surface area (Å²) in [6, 6.07) is 0.217. The van der Waals surface area contributed by atoms with Gasteiger partial charge in [0.2, 0.25) is 0 Å². The average molecular weight is 281 g/mol. The molecule has 2 aromatic rings. The van der Waals surface area contributed by atoms with E-state index in [9.17, 15) is 4.79 Å². The van der Waals surface area contributed by atoms with Crippen LogP contribution in [0.5, 0.6) is 6.01 Å². The van der Waals surface area contributed by atoms with E-state index in [1.165, 1.54) is 12.4 Å². The van der Waals surface area contributed by atoms with Gasteiger partial charge in [-0.25, -0.2) is 14.8 Å². The number of rotatable bonds is 1. The lowest BCUT2D eigenvalue weighted by molar-refractivity contribution is 0.139.